The Bertz CT molecular complexity index is 2130. The molecule has 2 heterocycles. The van der Waals surface area contributed by atoms with Crippen molar-refractivity contribution in [3.63, 3.8) is 0 Å². The topological polar surface area (TPSA) is 113 Å². The first-order valence-corrected chi connectivity index (χ1v) is 18.0. The molecule has 1 N–H and O–H groups in total. The molecule has 51 heavy (non-hydrogen) atoms. The first kappa shape index (κ1) is 33.5. The van der Waals surface area contributed by atoms with Crippen LogP contribution >= 0.6 is 34.2 Å². The number of rotatable bonds is 6. The number of anilines is 2. The third kappa shape index (κ3) is 4.86. The second-order valence-electron chi connectivity index (χ2n) is 13.4. The van der Waals surface area contributed by atoms with Gasteiger partial charge in [0.25, 0.3) is 0 Å². The molecule has 2 aliphatic heterocycles. The highest BCUT2D eigenvalue weighted by Crippen LogP contribution is 2.65. The third-order valence-electron chi connectivity index (χ3n) is 11.1. The maximum Gasteiger partial charge on any atom is 0.246 e. The number of carbonyl (C=O) groups excluding carboxylic acids is 4. The van der Waals surface area contributed by atoms with E-state index in [0.717, 1.165) is 9.14 Å². The van der Waals surface area contributed by atoms with E-state index in [1.54, 1.807) is 48.5 Å². The molecule has 0 radical (unpaired) electrons. The first-order valence-electron chi connectivity index (χ1n) is 16.6. The van der Waals surface area contributed by atoms with Gasteiger partial charge in [-0.05, 0) is 107 Å². The summed E-state index contributed by atoms with van der Waals surface area (Å²) in [6.45, 7) is 0. The monoisotopic (exact) mass is 814 g/mol. The predicted molar refractivity (Wildman–Crippen MR) is 199 cm³/mol. The van der Waals surface area contributed by atoms with Crippen LogP contribution in [0.15, 0.2) is 103 Å². The van der Waals surface area contributed by atoms with Crippen molar-refractivity contribution in [2.75, 3.05) is 24.0 Å². The van der Waals surface area contributed by atoms with Crippen LogP contribution in [0.3, 0.4) is 0 Å². The Kier molecular flexibility index (Phi) is 8.22. The van der Waals surface area contributed by atoms with Gasteiger partial charge >= 0.3 is 0 Å². The summed E-state index contributed by atoms with van der Waals surface area (Å²) in [5.74, 6) is -5.09. The fourth-order valence-corrected chi connectivity index (χ4v) is 9.59. The Morgan fingerprint density at radius 3 is 2.12 bits per heavy atom. The van der Waals surface area contributed by atoms with E-state index < -0.39 is 46.8 Å². The Labute approximate surface area is 312 Å². The number of nitrogens with zero attached hydrogens (tertiary/aromatic N) is 2. The van der Waals surface area contributed by atoms with Crippen molar-refractivity contribution in [1.29, 1.82) is 0 Å². The van der Waals surface area contributed by atoms with Crippen LogP contribution in [0.1, 0.15) is 29.9 Å². The van der Waals surface area contributed by atoms with Gasteiger partial charge in [0.05, 0.1) is 48.8 Å². The first-order chi connectivity index (χ1) is 24.6. The number of carbonyl (C=O) groups is 4. The number of fused-ring (bicyclic) bond motifs is 4. The van der Waals surface area contributed by atoms with Gasteiger partial charge in [-0.3, -0.25) is 24.1 Å². The Hall–Kier alpha value is -4.68. The zero-order chi connectivity index (χ0) is 35.8. The van der Waals surface area contributed by atoms with Crippen LogP contribution in [-0.2, 0) is 24.6 Å². The number of hydrogen-bond acceptors (Lipinski definition) is 7. The van der Waals surface area contributed by atoms with Gasteiger partial charge in [0, 0.05) is 14.5 Å². The number of benzene rings is 4. The number of imide groups is 2. The Morgan fingerprint density at radius 2 is 1.47 bits per heavy atom. The van der Waals surface area contributed by atoms with Crippen LogP contribution in [0.2, 0.25) is 5.02 Å². The molecule has 11 heteroatoms. The molecule has 258 valence electrons. The molecule has 1 saturated carbocycles. The SMILES string of the molecule is COc1cc(C2C3=CCC4C(=O)N(c5ccc(I)cc5)C(=O)C4C3CC3C(=O)N(c4cccc(Cl)c4)C(=O)C32c2ccccc2)cc(OC)c1O. The number of phenols is 1. The van der Waals surface area contributed by atoms with Crippen LogP contribution in [0, 0.1) is 27.2 Å². The third-order valence-corrected chi connectivity index (χ3v) is 12.0. The van der Waals surface area contributed by atoms with Gasteiger partial charge in [0.2, 0.25) is 29.4 Å². The highest BCUT2D eigenvalue weighted by molar-refractivity contribution is 14.1. The summed E-state index contributed by atoms with van der Waals surface area (Å²) in [4.78, 5) is 61.4. The Morgan fingerprint density at radius 1 is 0.784 bits per heavy atom. The molecule has 4 amide bonds. The average Bonchev–Trinajstić information content (AvgIpc) is 3.53. The van der Waals surface area contributed by atoms with Crippen molar-refractivity contribution in [1.82, 2.24) is 0 Å². The zero-order valence-electron chi connectivity index (χ0n) is 27.6. The zero-order valence-corrected chi connectivity index (χ0v) is 30.5. The fraction of sp³-hybridized carbons (Fsp3) is 0.250. The molecule has 8 rings (SSSR count). The van der Waals surface area contributed by atoms with Gasteiger partial charge in [0.1, 0.15) is 0 Å². The number of ether oxygens (including phenoxy) is 2. The number of amides is 4. The summed E-state index contributed by atoms with van der Waals surface area (Å²) in [5.41, 5.74) is 1.33. The number of methoxy groups -OCH3 is 2. The van der Waals surface area contributed by atoms with Crippen molar-refractivity contribution >= 4 is 69.2 Å². The minimum absolute atomic E-state index is 0.126. The number of phenolic OH excluding ortho intramolecular Hbond substituents is 1. The Balaban J connectivity index is 1.38. The van der Waals surface area contributed by atoms with Crippen molar-refractivity contribution in [2.45, 2.75) is 24.2 Å². The molecule has 2 saturated heterocycles. The summed E-state index contributed by atoms with van der Waals surface area (Å²) < 4.78 is 12.2. The van der Waals surface area contributed by atoms with E-state index in [-0.39, 0.29) is 41.9 Å². The summed E-state index contributed by atoms with van der Waals surface area (Å²) in [5, 5.41) is 11.3. The van der Waals surface area contributed by atoms with E-state index >= 15 is 4.79 Å². The van der Waals surface area contributed by atoms with E-state index in [9.17, 15) is 19.5 Å². The van der Waals surface area contributed by atoms with E-state index in [1.807, 2.05) is 48.5 Å². The van der Waals surface area contributed by atoms with Crippen LogP contribution in [0.5, 0.6) is 17.2 Å². The highest BCUT2D eigenvalue weighted by Gasteiger charge is 2.70. The van der Waals surface area contributed by atoms with Gasteiger partial charge in [0.15, 0.2) is 11.5 Å². The van der Waals surface area contributed by atoms with E-state index in [2.05, 4.69) is 22.6 Å². The molecule has 4 aromatic rings. The summed E-state index contributed by atoms with van der Waals surface area (Å²) in [6, 6.07) is 26.5. The second-order valence-corrected chi connectivity index (χ2v) is 15.0. The van der Waals surface area contributed by atoms with Crippen LogP contribution < -0.4 is 19.3 Å². The minimum atomic E-state index is -1.48. The largest absolute Gasteiger partial charge is 0.502 e. The molecular weight excluding hydrogens is 783 g/mol. The number of aromatic hydroxyl groups is 1. The van der Waals surface area contributed by atoms with E-state index in [0.29, 0.717) is 27.5 Å². The van der Waals surface area contributed by atoms with Gasteiger partial charge in [-0.1, -0.05) is 59.6 Å². The lowest BCUT2D eigenvalue weighted by atomic mass is 9.49. The number of hydrogen-bond donors (Lipinski definition) is 1. The van der Waals surface area contributed by atoms with Gasteiger partial charge in [-0.15, -0.1) is 0 Å². The molecule has 2 aliphatic carbocycles. The van der Waals surface area contributed by atoms with Gasteiger partial charge in [-0.2, -0.15) is 0 Å². The number of allylic oxidation sites excluding steroid dienone is 2. The lowest BCUT2D eigenvalue weighted by Gasteiger charge is -2.50. The van der Waals surface area contributed by atoms with Crippen molar-refractivity contribution in [2.24, 2.45) is 23.7 Å². The predicted octanol–water partition coefficient (Wildman–Crippen LogP) is 7.03. The summed E-state index contributed by atoms with van der Waals surface area (Å²) in [7, 11) is 2.85. The summed E-state index contributed by atoms with van der Waals surface area (Å²) >= 11 is 8.59. The molecule has 4 aromatic carbocycles. The summed E-state index contributed by atoms with van der Waals surface area (Å²) in [6.07, 6.45) is 2.43. The van der Waals surface area contributed by atoms with Crippen molar-refractivity contribution in [3.8, 4) is 17.2 Å². The lowest BCUT2D eigenvalue weighted by molar-refractivity contribution is -0.127. The van der Waals surface area contributed by atoms with Crippen LogP contribution in [0.25, 0.3) is 0 Å². The van der Waals surface area contributed by atoms with Crippen LogP contribution in [0.4, 0.5) is 11.4 Å². The smallest absolute Gasteiger partial charge is 0.246 e. The maximum absolute atomic E-state index is 15.4. The van der Waals surface area contributed by atoms with E-state index in [4.69, 9.17) is 21.1 Å². The molecular formula is C40H32ClIN2O7. The minimum Gasteiger partial charge on any atom is -0.502 e. The molecule has 4 aliphatic rings. The van der Waals surface area contributed by atoms with Crippen LogP contribution in [-0.4, -0.2) is 43.0 Å². The van der Waals surface area contributed by atoms with Crippen molar-refractivity contribution in [3.05, 3.63) is 122 Å². The molecule has 6 atom stereocenters. The molecule has 0 bridgehead atoms. The standard InChI is InChI=1S/C40H32ClIN2O7/c1-50-31-17-21(18-32(51-2)35(31)45)34-27-15-16-28-33(38(48)43(36(28)46)25-13-11-24(42)12-14-25)29(27)20-30-37(47)44(26-10-6-9-23(41)19-26)39(49)40(30,34)22-7-4-3-5-8-22/h3-15,17-19,28-30,33-34,45H,16,20H2,1-2H3. The molecule has 6 unspecified atom stereocenters. The van der Waals surface area contributed by atoms with Crippen molar-refractivity contribution < 1.29 is 33.8 Å². The average molecular weight is 815 g/mol. The second kappa shape index (κ2) is 12.5. The van der Waals surface area contributed by atoms with Gasteiger partial charge < -0.3 is 14.6 Å². The molecule has 3 fully saturated rings. The lowest BCUT2D eigenvalue weighted by Crippen LogP contribution is -2.53. The fourth-order valence-electron chi connectivity index (χ4n) is 9.04. The molecule has 0 spiro atoms. The number of halogens is 2. The molecule has 9 nitrogen and oxygen atoms in total. The van der Waals surface area contributed by atoms with Gasteiger partial charge in [-0.25, -0.2) is 4.90 Å². The highest BCUT2D eigenvalue weighted by atomic mass is 127. The normalized spacial score (nSPS) is 26.8. The van der Waals surface area contributed by atoms with E-state index in [1.165, 1.54) is 24.0 Å². The maximum atomic E-state index is 15.4. The quantitative estimate of drug-likeness (QED) is 0.126. The molecule has 0 aromatic heterocycles.